The van der Waals surface area contributed by atoms with Crippen LogP contribution in [0, 0.1) is 5.82 Å². The molecule has 30 heavy (non-hydrogen) atoms. The molecule has 1 saturated carbocycles. The molecule has 0 aliphatic heterocycles. The lowest BCUT2D eigenvalue weighted by atomic mass is 10.1. The average Bonchev–Trinajstić information content (AvgIpc) is 3.52. The van der Waals surface area contributed by atoms with Gasteiger partial charge in [-0.2, -0.15) is 0 Å². The Hall–Kier alpha value is -3.35. The zero-order valence-corrected chi connectivity index (χ0v) is 17.1. The zero-order valence-electron chi connectivity index (χ0n) is 17.1. The van der Waals surface area contributed by atoms with Crippen molar-refractivity contribution >= 4 is 6.03 Å². The van der Waals surface area contributed by atoms with Gasteiger partial charge in [0, 0.05) is 32.0 Å². The standard InChI is InChI=1S/C23H25FN4O2/c1-27-13-12-25-22(27)21(17-4-3-5-20(14-17)30-2)26-23(29)28(19-10-11-19)15-16-6-8-18(24)9-7-16/h3-9,12-14,19,21H,10-11,15H2,1-2H3,(H,26,29). The molecule has 0 spiro atoms. The van der Waals surface area contributed by atoms with Crippen molar-refractivity contribution < 1.29 is 13.9 Å². The van der Waals surface area contributed by atoms with E-state index in [1.54, 1.807) is 25.4 Å². The molecule has 1 fully saturated rings. The number of hydrogen-bond donors (Lipinski definition) is 1. The fourth-order valence-corrected chi connectivity index (χ4v) is 3.52. The van der Waals surface area contributed by atoms with Gasteiger partial charge < -0.3 is 19.5 Å². The van der Waals surface area contributed by atoms with Crippen LogP contribution in [0.3, 0.4) is 0 Å². The summed E-state index contributed by atoms with van der Waals surface area (Å²) in [6.07, 6.45) is 5.51. The Bertz CT molecular complexity index is 1010. The van der Waals surface area contributed by atoms with Crippen LogP contribution in [0.5, 0.6) is 5.75 Å². The molecule has 1 aromatic heterocycles. The number of hydrogen-bond acceptors (Lipinski definition) is 3. The summed E-state index contributed by atoms with van der Waals surface area (Å²) in [4.78, 5) is 19.6. The first-order valence-corrected chi connectivity index (χ1v) is 9.98. The quantitative estimate of drug-likeness (QED) is 0.642. The zero-order chi connectivity index (χ0) is 21.1. The molecule has 1 atom stereocenters. The first-order valence-electron chi connectivity index (χ1n) is 9.98. The van der Waals surface area contributed by atoms with E-state index in [0.717, 1.165) is 29.8 Å². The molecular formula is C23H25FN4O2. The van der Waals surface area contributed by atoms with Crippen LogP contribution in [0.4, 0.5) is 9.18 Å². The molecule has 7 heteroatoms. The van der Waals surface area contributed by atoms with E-state index in [9.17, 15) is 9.18 Å². The Morgan fingerprint density at radius 3 is 2.70 bits per heavy atom. The lowest BCUT2D eigenvalue weighted by molar-refractivity contribution is 0.189. The van der Waals surface area contributed by atoms with E-state index in [2.05, 4.69) is 10.3 Å². The SMILES string of the molecule is COc1cccc(C(NC(=O)N(Cc2ccc(F)cc2)C2CC2)c2nccn2C)c1. The second kappa shape index (κ2) is 8.57. The molecule has 4 rings (SSSR count). The number of ether oxygens (including phenoxy) is 1. The van der Waals surface area contributed by atoms with Crippen LogP contribution in [-0.4, -0.2) is 33.6 Å². The lowest BCUT2D eigenvalue weighted by Gasteiger charge is -2.27. The predicted molar refractivity (Wildman–Crippen MR) is 112 cm³/mol. The van der Waals surface area contributed by atoms with Crippen molar-refractivity contribution in [3.63, 3.8) is 0 Å². The van der Waals surface area contributed by atoms with Crippen LogP contribution >= 0.6 is 0 Å². The number of aromatic nitrogens is 2. The van der Waals surface area contributed by atoms with Gasteiger partial charge in [0.25, 0.3) is 0 Å². The van der Waals surface area contributed by atoms with Crippen LogP contribution in [-0.2, 0) is 13.6 Å². The normalized spacial score (nSPS) is 14.2. The van der Waals surface area contributed by atoms with Crippen LogP contribution in [0.2, 0.25) is 0 Å². The summed E-state index contributed by atoms with van der Waals surface area (Å²) < 4.78 is 20.5. The second-order valence-corrected chi connectivity index (χ2v) is 7.54. The monoisotopic (exact) mass is 408 g/mol. The van der Waals surface area contributed by atoms with Crippen molar-refractivity contribution in [1.29, 1.82) is 0 Å². The van der Waals surface area contributed by atoms with Crippen LogP contribution in [0.25, 0.3) is 0 Å². The number of methoxy groups -OCH3 is 1. The van der Waals surface area contributed by atoms with Gasteiger partial charge in [-0.1, -0.05) is 24.3 Å². The molecule has 1 aliphatic carbocycles. The lowest BCUT2D eigenvalue weighted by Crippen LogP contribution is -2.43. The fourth-order valence-electron chi connectivity index (χ4n) is 3.52. The fraction of sp³-hybridized carbons (Fsp3) is 0.304. The predicted octanol–water partition coefficient (Wildman–Crippen LogP) is 4.03. The van der Waals surface area contributed by atoms with Crippen molar-refractivity contribution in [1.82, 2.24) is 19.8 Å². The number of nitrogens with one attached hydrogen (secondary N) is 1. The van der Waals surface area contributed by atoms with Gasteiger partial charge in [-0.05, 0) is 48.2 Å². The molecule has 2 amide bonds. The Morgan fingerprint density at radius 2 is 2.07 bits per heavy atom. The molecule has 0 bridgehead atoms. The number of imidazole rings is 1. The summed E-state index contributed by atoms with van der Waals surface area (Å²) >= 11 is 0. The highest BCUT2D eigenvalue weighted by Crippen LogP contribution is 2.30. The average molecular weight is 408 g/mol. The van der Waals surface area contributed by atoms with E-state index in [-0.39, 0.29) is 17.9 Å². The number of amides is 2. The molecule has 0 radical (unpaired) electrons. The van der Waals surface area contributed by atoms with Gasteiger partial charge in [0.05, 0.1) is 7.11 Å². The minimum atomic E-state index is -0.429. The van der Waals surface area contributed by atoms with E-state index in [0.29, 0.717) is 12.3 Å². The highest BCUT2D eigenvalue weighted by atomic mass is 19.1. The number of benzene rings is 2. The number of nitrogens with zero attached hydrogens (tertiary/aromatic N) is 3. The third-order valence-electron chi connectivity index (χ3n) is 5.33. The minimum Gasteiger partial charge on any atom is -0.497 e. The summed E-state index contributed by atoms with van der Waals surface area (Å²) in [7, 11) is 3.52. The van der Waals surface area contributed by atoms with Crippen molar-refractivity contribution in [3.8, 4) is 5.75 Å². The van der Waals surface area contributed by atoms with E-state index >= 15 is 0 Å². The molecule has 3 aromatic rings. The van der Waals surface area contributed by atoms with Crippen LogP contribution in [0.1, 0.15) is 35.8 Å². The Kier molecular flexibility index (Phi) is 5.70. The summed E-state index contributed by atoms with van der Waals surface area (Å²) in [6, 6.07) is 13.5. The van der Waals surface area contributed by atoms with Gasteiger partial charge in [0.2, 0.25) is 0 Å². The Labute approximate surface area is 175 Å². The Balaban J connectivity index is 1.60. The molecule has 1 N–H and O–H groups in total. The van der Waals surface area contributed by atoms with Crippen molar-refractivity contribution in [3.05, 3.63) is 83.7 Å². The summed E-state index contributed by atoms with van der Waals surface area (Å²) in [5, 5.41) is 3.15. The highest BCUT2D eigenvalue weighted by Gasteiger charge is 2.34. The smallest absolute Gasteiger partial charge is 0.318 e. The summed E-state index contributed by atoms with van der Waals surface area (Å²) in [5.41, 5.74) is 1.78. The first-order chi connectivity index (χ1) is 14.5. The Morgan fingerprint density at radius 1 is 1.30 bits per heavy atom. The van der Waals surface area contributed by atoms with Gasteiger partial charge in [-0.3, -0.25) is 0 Å². The number of halogens is 1. The summed E-state index contributed by atoms with van der Waals surface area (Å²) in [5.74, 6) is 1.16. The van der Waals surface area contributed by atoms with Gasteiger partial charge in [-0.15, -0.1) is 0 Å². The number of rotatable bonds is 7. The molecule has 1 heterocycles. The van der Waals surface area contributed by atoms with Gasteiger partial charge in [-0.25, -0.2) is 14.2 Å². The molecule has 1 unspecified atom stereocenters. The van der Waals surface area contributed by atoms with Gasteiger partial charge in [0.1, 0.15) is 23.4 Å². The van der Waals surface area contributed by atoms with Crippen LogP contribution < -0.4 is 10.1 Å². The van der Waals surface area contributed by atoms with E-state index < -0.39 is 6.04 Å². The van der Waals surface area contributed by atoms with Crippen LogP contribution in [0.15, 0.2) is 60.9 Å². The molecule has 1 aliphatic rings. The number of carbonyl (C=O) groups excluding carboxylic acids is 1. The van der Waals surface area contributed by atoms with E-state index in [4.69, 9.17) is 4.74 Å². The van der Waals surface area contributed by atoms with Crippen molar-refractivity contribution in [2.45, 2.75) is 31.5 Å². The molecule has 0 saturated heterocycles. The summed E-state index contributed by atoms with van der Waals surface area (Å²) in [6.45, 7) is 0.433. The maximum atomic E-state index is 13.3. The van der Waals surface area contributed by atoms with Gasteiger partial charge >= 0.3 is 6.03 Å². The van der Waals surface area contributed by atoms with E-state index in [1.165, 1.54) is 12.1 Å². The van der Waals surface area contributed by atoms with E-state index in [1.807, 2.05) is 47.0 Å². The molecule has 156 valence electrons. The number of carbonyl (C=O) groups is 1. The molecule has 2 aromatic carbocycles. The second-order valence-electron chi connectivity index (χ2n) is 7.54. The highest BCUT2D eigenvalue weighted by molar-refractivity contribution is 5.76. The minimum absolute atomic E-state index is 0.169. The van der Waals surface area contributed by atoms with Gasteiger partial charge in [0.15, 0.2) is 0 Å². The number of urea groups is 1. The first kappa shape index (κ1) is 19.9. The molecule has 6 nitrogen and oxygen atoms in total. The van der Waals surface area contributed by atoms with Crippen molar-refractivity contribution in [2.75, 3.05) is 7.11 Å². The third kappa shape index (κ3) is 4.45. The van der Waals surface area contributed by atoms with Crippen molar-refractivity contribution in [2.24, 2.45) is 7.05 Å². The number of aryl methyl sites for hydroxylation is 1. The molecular weight excluding hydrogens is 383 g/mol. The topological polar surface area (TPSA) is 59.4 Å². The maximum Gasteiger partial charge on any atom is 0.318 e. The maximum absolute atomic E-state index is 13.3. The third-order valence-corrected chi connectivity index (χ3v) is 5.33. The largest absolute Gasteiger partial charge is 0.497 e.